The van der Waals surface area contributed by atoms with E-state index in [1.807, 2.05) is 0 Å². The number of barbiturate groups is 1. The highest BCUT2D eigenvalue weighted by Gasteiger charge is 2.37. The highest BCUT2D eigenvalue weighted by Crippen LogP contribution is 2.30. The van der Waals surface area contributed by atoms with Crippen molar-refractivity contribution in [2.24, 2.45) is 0 Å². The Morgan fingerprint density at radius 2 is 1.85 bits per heavy atom. The lowest BCUT2D eigenvalue weighted by Gasteiger charge is -2.26. The van der Waals surface area contributed by atoms with Crippen LogP contribution in [-0.4, -0.2) is 42.4 Å². The molecule has 12 nitrogen and oxygen atoms in total. The minimum Gasteiger partial charge on any atom is -0.493 e. The molecule has 0 atom stereocenters. The Kier molecular flexibility index (Phi) is 7.87. The minimum atomic E-state index is -1.04. The molecule has 2 N–H and O–H groups in total. The number of urea groups is 1. The molecule has 39 heavy (non-hydrogen) atoms. The van der Waals surface area contributed by atoms with Crippen molar-refractivity contribution < 1.29 is 33.6 Å². The third kappa shape index (κ3) is 6.02. The van der Waals surface area contributed by atoms with Gasteiger partial charge in [-0.05, 0) is 42.0 Å². The van der Waals surface area contributed by atoms with E-state index in [9.17, 15) is 29.3 Å². The molecule has 13 heteroatoms. The smallest absolute Gasteiger partial charge is 0.335 e. The number of imide groups is 2. The fourth-order valence-corrected chi connectivity index (χ4v) is 3.77. The first-order valence-corrected chi connectivity index (χ1v) is 11.6. The summed E-state index contributed by atoms with van der Waals surface area (Å²) in [5.74, 6) is -1.97. The van der Waals surface area contributed by atoms with Gasteiger partial charge in [-0.3, -0.25) is 29.8 Å². The molecule has 0 aliphatic carbocycles. The number of nitro benzene ring substituents is 1. The van der Waals surface area contributed by atoms with Crippen LogP contribution in [-0.2, 0) is 14.4 Å². The van der Waals surface area contributed by atoms with Crippen LogP contribution in [0.4, 0.5) is 21.9 Å². The van der Waals surface area contributed by atoms with Crippen LogP contribution < -0.4 is 25.0 Å². The third-order valence-corrected chi connectivity index (χ3v) is 5.74. The number of anilines is 2. The molecule has 198 valence electrons. The van der Waals surface area contributed by atoms with Crippen molar-refractivity contribution in [3.8, 4) is 11.5 Å². The van der Waals surface area contributed by atoms with E-state index in [4.69, 9.17) is 21.1 Å². The summed E-state index contributed by atoms with van der Waals surface area (Å²) in [6.07, 6.45) is 1.23. The zero-order chi connectivity index (χ0) is 28.1. The first-order valence-electron chi connectivity index (χ1n) is 11.2. The molecule has 1 aliphatic heterocycles. The van der Waals surface area contributed by atoms with Gasteiger partial charge in [0.1, 0.15) is 5.57 Å². The molecule has 0 bridgehead atoms. The molecule has 1 saturated heterocycles. The zero-order valence-corrected chi connectivity index (χ0v) is 20.9. The van der Waals surface area contributed by atoms with Gasteiger partial charge < -0.3 is 14.8 Å². The lowest BCUT2D eigenvalue weighted by Crippen LogP contribution is -2.54. The third-order valence-electron chi connectivity index (χ3n) is 5.41. The number of ether oxygens (including phenoxy) is 2. The number of halogens is 1. The second-order valence-electron chi connectivity index (χ2n) is 7.96. The Morgan fingerprint density at radius 3 is 2.56 bits per heavy atom. The van der Waals surface area contributed by atoms with E-state index in [1.54, 1.807) is 24.3 Å². The van der Waals surface area contributed by atoms with E-state index < -0.39 is 34.2 Å². The number of hydrogen-bond donors (Lipinski definition) is 2. The monoisotopic (exact) mass is 550 g/mol. The summed E-state index contributed by atoms with van der Waals surface area (Å²) in [7, 11) is 1.37. The maximum atomic E-state index is 13.1. The van der Waals surface area contributed by atoms with Crippen LogP contribution in [0.3, 0.4) is 0 Å². The van der Waals surface area contributed by atoms with Crippen LogP contribution in [0, 0.1) is 10.1 Å². The van der Waals surface area contributed by atoms with Crippen molar-refractivity contribution >= 4 is 58.5 Å². The number of carbonyl (C=O) groups excluding carboxylic acids is 4. The van der Waals surface area contributed by atoms with Gasteiger partial charge >= 0.3 is 6.03 Å². The average Bonchev–Trinajstić information content (AvgIpc) is 2.91. The summed E-state index contributed by atoms with van der Waals surface area (Å²) in [5, 5.41) is 16.2. The summed E-state index contributed by atoms with van der Waals surface area (Å²) < 4.78 is 10.9. The molecular formula is C26H19ClN4O8. The van der Waals surface area contributed by atoms with E-state index in [-0.39, 0.29) is 29.5 Å². The Labute approximate surface area is 225 Å². The maximum Gasteiger partial charge on any atom is 0.335 e. The number of para-hydroxylation sites is 1. The largest absolute Gasteiger partial charge is 0.493 e. The number of nitro groups is 1. The molecule has 3 aromatic carbocycles. The SMILES string of the molecule is COc1cc(/C=C2/C(=O)NC(=O)N(c3cccc([N+](=O)[O-])c3)C2=O)ccc1OCC(=O)Nc1ccccc1Cl. The Hall–Kier alpha value is -5.23. The van der Waals surface area contributed by atoms with Crippen LogP contribution in [0.1, 0.15) is 5.56 Å². The molecule has 1 aliphatic rings. The number of nitrogens with one attached hydrogen (secondary N) is 2. The molecule has 0 saturated carbocycles. The Bertz CT molecular complexity index is 1540. The van der Waals surface area contributed by atoms with Crippen molar-refractivity contribution in [2.75, 3.05) is 23.9 Å². The number of carbonyl (C=O) groups is 4. The van der Waals surface area contributed by atoms with E-state index in [0.717, 1.165) is 6.07 Å². The molecule has 4 rings (SSSR count). The number of benzene rings is 3. The van der Waals surface area contributed by atoms with Crippen LogP contribution in [0.5, 0.6) is 11.5 Å². The molecule has 1 heterocycles. The lowest BCUT2D eigenvalue weighted by atomic mass is 10.1. The van der Waals surface area contributed by atoms with Crippen LogP contribution in [0.25, 0.3) is 6.08 Å². The summed E-state index contributed by atoms with van der Waals surface area (Å²) in [4.78, 5) is 61.3. The number of amides is 5. The Balaban J connectivity index is 1.53. The van der Waals surface area contributed by atoms with Gasteiger partial charge in [0.15, 0.2) is 18.1 Å². The minimum absolute atomic E-state index is 0.0819. The van der Waals surface area contributed by atoms with Gasteiger partial charge in [-0.15, -0.1) is 0 Å². The maximum absolute atomic E-state index is 13.1. The average molecular weight is 551 g/mol. The topological polar surface area (TPSA) is 157 Å². The van der Waals surface area contributed by atoms with Crippen LogP contribution in [0.2, 0.25) is 5.02 Å². The molecule has 0 radical (unpaired) electrons. The second-order valence-corrected chi connectivity index (χ2v) is 8.37. The number of hydrogen-bond acceptors (Lipinski definition) is 8. The summed E-state index contributed by atoms with van der Waals surface area (Å²) in [6, 6.07) is 15.0. The summed E-state index contributed by atoms with van der Waals surface area (Å²) >= 11 is 6.04. The first-order chi connectivity index (χ1) is 18.7. The predicted octanol–water partition coefficient (Wildman–Crippen LogP) is 3.94. The number of non-ortho nitro benzene ring substituents is 1. The Morgan fingerprint density at radius 1 is 1.08 bits per heavy atom. The molecule has 0 spiro atoms. The van der Waals surface area contributed by atoms with Gasteiger partial charge in [0.2, 0.25) is 0 Å². The predicted molar refractivity (Wildman–Crippen MR) is 141 cm³/mol. The molecule has 1 fully saturated rings. The summed E-state index contributed by atoms with van der Waals surface area (Å²) in [6.45, 7) is -0.358. The van der Waals surface area contributed by atoms with Crippen LogP contribution >= 0.6 is 11.6 Å². The normalized spacial score (nSPS) is 14.2. The fourth-order valence-electron chi connectivity index (χ4n) is 3.59. The number of nitrogens with zero attached hydrogens (tertiary/aromatic N) is 2. The highest BCUT2D eigenvalue weighted by atomic mass is 35.5. The van der Waals surface area contributed by atoms with Gasteiger partial charge in [0, 0.05) is 12.1 Å². The van der Waals surface area contributed by atoms with Gasteiger partial charge in [0.05, 0.1) is 28.4 Å². The van der Waals surface area contributed by atoms with E-state index >= 15 is 0 Å². The van der Waals surface area contributed by atoms with Gasteiger partial charge in [-0.1, -0.05) is 35.9 Å². The van der Waals surface area contributed by atoms with Crippen molar-refractivity contribution in [3.63, 3.8) is 0 Å². The fraction of sp³-hybridized carbons (Fsp3) is 0.0769. The standard InChI is InChI=1S/C26H19ClN4O8/c1-38-22-12-15(9-10-21(22)39-14-23(32)28-20-8-3-2-7-19(20)27)11-18-24(33)29-26(35)30(25(18)34)16-5-4-6-17(13-16)31(36)37/h2-13H,14H2,1H3,(H,28,32)(H,29,33,35)/b18-11-. The molecule has 5 amide bonds. The number of rotatable bonds is 8. The molecule has 0 aromatic heterocycles. The molecule has 3 aromatic rings. The lowest BCUT2D eigenvalue weighted by molar-refractivity contribution is -0.384. The van der Waals surface area contributed by atoms with Gasteiger partial charge in [-0.25, -0.2) is 9.69 Å². The van der Waals surface area contributed by atoms with Gasteiger partial charge in [0.25, 0.3) is 23.4 Å². The van der Waals surface area contributed by atoms with Gasteiger partial charge in [-0.2, -0.15) is 0 Å². The summed E-state index contributed by atoms with van der Waals surface area (Å²) in [5.41, 5.74) is -0.0461. The highest BCUT2D eigenvalue weighted by molar-refractivity contribution is 6.39. The van der Waals surface area contributed by atoms with Crippen molar-refractivity contribution in [2.45, 2.75) is 0 Å². The van der Waals surface area contributed by atoms with E-state index in [1.165, 1.54) is 49.6 Å². The van der Waals surface area contributed by atoms with Crippen molar-refractivity contribution in [1.29, 1.82) is 0 Å². The van der Waals surface area contributed by atoms with E-state index in [0.29, 0.717) is 21.2 Å². The van der Waals surface area contributed by atoms with Crippen LogP contribution in [0.15, 0.2) is 72.3 Å². The second kappa shape index (κ2) is 11.4. The van der Waals surface area contributed by atoms with E-state index in [2.05, 4.69) is 10.6 Å². The quantitative estimate of drug-likeness (QED) is 0.185. The first kappa shape index (κ1) is 26.8. The zero-order valence-electron chi connectivity index (χ0n) is 20.2. The molecular weight excluding hydrogens is 532 g/mol. The molecule has 0 unspecified atom stereocenters. The van der Waals surface area contributed by atoms with Crippen molar-refractivity contribution in [3.05, 3.63) is 93.0 Å². The number of methoxy groups -OCH3 is 1. The van der Waals surface area contributed by atoms with Crippen molar-refractivity contribution in [1.82, 2.24) is 5.32 Å².